The monoisotopic (exact) mass is 372 g/mol. The predicted octanol–water partition coefficient (Wildman–Crippen LogP) is 2.28. The lowest BCUT2D eigenvalue weighted by Crippen LogP contribution is -2.50. The second-order valence-electron chi connectivity index (χ2n) is 6.27. The first kappa shape index (κ1) is 18.1. The van der Waals surface area contributed by atoms with Crippen LogP contribution in [0.1, 0.15) is 30.5 Å². The van der Waals surface area contributed by atoms with Crippen molar-refractivity contribution in [3.05, 3.63) is 57.3 Å². The number of amides is 2. The van der Waals surface area contributed by atoms with Crippen LogP contribution in [0.25, 0.3) is 0 Å². The number of thiophene rings is 1. The van der Waals surface area contributed by atoms with Crippen LogP contribution >= 0.6 is 11.3 Å². The Balaban J connectivity index is 1.56. The number of carbonyl (C=O) groups is 3. The van der Waals surface area contributed by atoms with E-state index in [9.17, 15) is 14.4 Å². The summed E-state index contributed by atoms with van der Waals surface area (Å²) < 4.78 is 0. The second kappa shape index (κ2) is 7.70. The van der Waals surface area contributed by atoms with E-state index in [1.807, 2.05) is 19.1 Å². The highest BCUT2D eigenvalue weighted by atomic mass is 32.1. The van der Waals surface area contributed by atoms with E-state index in [-0.39, 0.29) is 23.8 Å². The molecule has 2 heterocycles. The fraction of sp³-hybridized carbons (Fsp3) is 0.316. The third-order valence-corrected chi connectivity index (χ3v) is 5.39. The Morgan fingerprint density at radius 3 is 2.35 bits per heavy atom. The molecule has 1 aliphatic heterocycles. The molecule has 2 amide bonds. The van der Waals surface area contributed by atoms with Gasteiger partial charge in [-0.25, -0.2) is 4.79 Å². The number of carboxylic acid groups (broad SMARTS) is 1. The van der Waals surface area contributed by atoms with Gasteiger partial charge in [0.15, 0.2) is 0 Å². The van der Waals surface area contributed by atoms with Crippen LogP contribution in [0.3, 0.4) is 0 Å². The first-order valence-electron chi connectivity index (χ1n) is 8.40. The van der Waals surface area contributed by atoms with Gasteiger partial charge >= 0.3 is 5.97 Å². The summed E-state index contributed by atoms with van der Waals surface area (Å²) in [5, 5.41) is 9.04. The molecule has 7 heteroatoms. The number of nitrogens with zero attached hydrogens (tertiary/aromatic N) is 2. The minimum Gasteiger partial charge on any atom is -0.478 e. The highest BCUT2D eigenvalue weighted by Gasteiger charge is 2.25. The molecule has 0 atom stereocenters. The van der Waals surface area contributed by atoms with Crippen LogP contribution in [0, 0.1) is 6.92 Å². The Morgan fingerprint density at radius 2 is 1.73 bits per heavy atom. The molecule has 2 aromatic rings. The van der Waals surface area contributed by atoms with Gasteiger partial charge in [-0.2, -0.15) is 0 Å². The lowest BCUT2D eigenvalue weighted by atomic mass is 10.1. The summed E-state index contributed by atoms with van der Waals surface area (Å²) >= 11 is 1.48. The third kappa shape index (κ3) is 4.11. The highest BCUT2D eigenvalue weighted by molar-refractivity contribution is 7.13. The maximum absolute atomic E-state index is 12.5. The molecule has 1 aromatic carbocycles. The predicted molar refractivity (Wildman–Crippen MR) is 98.6 cm³/mol. The molecule has 1 saturated heterocycles. The average molecular weight is 372 g/mol. The van der Waals surface area contributed by atoms with Gasteiger partial charge in [-0.15, -0.1) is 11.3 Å². The number of aromatic carboxylic acids is 1. The molecular formula is C19H20N2O4S. The molecule has 0 spiro atoms. The molecule has 0 bridgehead atoms. The molecule has 0 unspecified atom stereocenters. The topological polar surface area (TPSA) is 77.9 Å². The molecule has 0 saturated carbocycles. The fourth-order valence-corrected chi connectivity index (χ4v) is 3.80. The van der Waals surface area contributed by atoms with E-state index in [0.29, 0.717) is 31.7 Å². The molecule has 0 aliphatic carbocycles. The normalized spacial score (nSPS) is 14.3. The van der Waals surface area contributed by atoms with Crippen LogP contribution in [0.5, 0.6) is 0 Å². The average Bonchev–Trinajstić information content (AvgIpc) is 3.08. The number of carboxylic acids is 1. The van der Waals surface area contributed by atoms with Gasteiger partial charge in [0.25, 0.3) is 5.91 Å². The Kier molecular flexibility index (Phi) is 5.37. The van der Waals surface area contributed by atoms with E-state index >= 15 is 0 Å². The maximum atomic E-state index is 12.5. The van der Waals surface area contributed by atoms with Gasteiger partial charge in [-0.1, -0.05) is 12.1 Å². The van der Waals surface area contributed by atoms with Crippen molar-refractivity contribution in [2.45, 2.75) is 13.3 Å². The van der Waals surface area contributed by atoms with Crippen LogP contribution in [0.15, 0.2) is 36.4 Å². The van der Waals surface area contributed by atoms with Crippen molar-refractivity contribution in [1.29, 1.82) is 0 Å². The van der Waals surface area contributed by atoms with E-state index in [1.54, 1.807) is 21.9 Å². The molecule has 136 valence electrons. The molecule has 1 aromatic heterocycles. The summed E-state index contributed by atoms with van der Waals surface area (Å²) in [4.78, 5) is 41.3. The quantitative estimate of drug-likeness (QED) is 0.893. The van der Waals surface area contributed by atoms with Crippen LogP contribution in [-0.4, -0.2) is 58.9 Å². The van der Waals surface area contributed by atoms with Crippen molar-refractivity contribution in [3.8, 4) is 0 Å². The fourth-order valence-electron chi connectivity index (χ4n) is 2.96. The van der Waals surface area contributed by atoms with Gasteiger partial charge < -0.3 is 14.9 Å². The van der Waals surface area contributed by atoms with Crippen molar-refractivity contribution in [3.63, 3.8) is 0 Å². The summed E-state index contributed by atoms with van der Waals surface area (Å²) in [6.07, 6.45) is 0.166. The molecular weight excluding hydrogens is 352 g/mol. The van der Waals surface area contributed by atoms with Crippen LogP contribution in [0.2, 0.25) is 0 Å². The molecule has 6 nitrogen and oxygen atoms in total. The zero-order chi connectivity index (χ0) is 18.7. The Labute approximate surface area is 155 Å². The summed E-state index contributed by atoms with van der Waals surface area (Å²) in [5.41, 5.74) is 0.861. The highest BCUT2D eigenvalue weighted by Crippen LogP contribution is 2.18. The molecule has 3 rings (SSSR count). The molecule has 26 heavy (non-hydrogen) atoms. The van der Waals surface area contributed by atoms with E-state index < -0.39 is 5.97 Å². The Morgan fingerprint density at radius 1 is 1.04 bits per heavy atom. The number of piperazine rings is 1. The van der Waals surface area contributed by atoms with E-state index in [2.05, 4.69) is 0 Å². The summed E-state index contributed by atoms with van der Waals surface area (Å²) in [6.45, 7) is 3.98. The smallest absolute Gasteiger partial charge is 0.335 e. The number of benzene rings is 1. The SMILES string of the molecule is Cc1ccc(C(=O)N2CCN(C(=O)Cc3cccc(C(=O)O)c3)CC2)s1. The van der Waals surface area contributed by atoms with Gasteiger partial charge in [-0.3, -0.25) is 9.59 Å². The molecule has 0 radical (unpaired) electrons. The minimum atomic E-state index is -1.00. The lowest BCUT2D eigenvalue weighted by molar-refractivity contribution is -0.131. The number of hydrogen-bond donors (Lipinski definition) is 1. The van der Waals surface area contributed by atoms with Crippen molar-refractivity contribution in [2.24, 2.45) is 0 Å². The van der Waals surface area contributed by atoms with Gasteiger partial charge in [0.1, 0.15) is 0 Å². The number of carbonyl (C=O) groups excluding carboxylic acids is 2. The van der Waals surface area contributed by atoms with Crippen LogP contribution in [0.4, 0.5) is 0 Å². The largest absolute Gasteiger partial charge is 0.478 e. The van der Waals surface area contributed by atoms with Crippen molar-refractivity contribution in [1.82, 2.24) is 9.80 Å². The number of aryl methyl sites for hydroxylation is 1. The number of rotatable bonds is 4. The first-order chi connectivity index (χ1) is 12.4. The zero-order valence-electron chi connectivity index (χ0n) is 14.5. The van der Waals surface area contributed by atoms with Gasteiger partial charge in [0, 0.05) is 31.1 Å². The van der Waals surface area contributed by atoms with E-state index in [1.165, 1.54) is 23.5 Å². The van der Waals surface area contributed by atoms with Crippen LogP contribution < -0.4 is 0 Å². The third-order valence-electron chi connectivity index (χ3n) is 4.40. The molecule has 1 N–H and O–H groups in total. The lowest BCUT2D eigenvalue weighted by Gasteiger charge is -2.34. The zero-order valence-corrected chi connectivity index (χ0v) is 15.3. The van der Waals surface area contributed by atoms with Crippen molar-refractivity contribution >= 4 is 29.1 Å². The van der Waals surface area contributed by atoms with Gasteiger partial charge in [0.05, 0.1) is 16.9 Å². The molecule has 1 aliphatic rings. The minimum absolute atomic E-state index is 0.0179. The van der Waals surface area contributed by atoms with Gasteiger partial charge in [0.2, 0.25) is 5.91 Å². The summed E-state index contributed by atoms with van der Waals surface area (Å²) in [7, 11) is 0. The first-order valence-corrected chi connectivity index (χ1v) is 9.21. The Hall–Kier alpha value is -2.67. The van der Waals surface area contributed by atoms with Crippen molar-refractivity contribution < 1.29 is 19.5 Å². The summed E-state index contributed by atoms with van der Waals surface area (Å²) in [5.74, 6) is -1.04. The van der Waals surface area contributed by atoms with Crippen LogP contribution in [-0.2, 0) is 11.2 Å². The van der Waals surface area contributed by atoms with Crippen molar-refractivity contribution in [2.75, 3.05) is 26.2 Å². The standard InChI is InChI=1S/C19H20N2O4S/c1-13-5-6-16(26-13)18(23)21-9-7-20(8-10-21)17(22)12-14-3-2-4-15(11-14)19(24)25/h2-6,11H,7-10,12H2,1H3,(H,24,25). The maximum Gasteiger partial charge on any atom is 0.335 e. The molecule has 1 fully saturated rings. The summed E-state index contributed by atoms with van der Waals surface area (Å²) in [6, 6.07) is 10.2. The Bertz CT molecular complexity index is 838. The van der Waals surface area contributed by atoms with E-state index in [0.717, 1.165) is 9.75 Å². The second-order valence-corrected chi connectivity index (χ2v) is 7.55. The van der Waals surface area contributed by atoms with E-state index in [4.69, 9.17) is 5.11 Å². The number of hydrogen-bond acceptors (Lipinski definition) is 4. The van der Waals surface area contributed by atoms with Gasteiger partial charge in [-0.05, 0) is 36.8 Å².